The van der Waals surface area contributed by atoms with E-state index in [0.29, 0.717) is 5.75 Å². The van der Waals surface area contributed by atoms with Crippen molar-refractivity contribution in [2.24, 2.45) is 0 Å². The van der Waals surface area contributed by atoms with Crippen molar-refractivity contribution in [1.82, 2.24) is 19.3 Å². The fourth-order valence-electron chi connectivity index (χ4n) is 3.09. The molecule has 2 aromatic heterocycles. The molecule has 2 heterocycles. The smallest absolute Gasteiger partial charge is 0.294 e. The summed E-state index contributed by atoms with van der Waals surface area (Å²) < 4.78 is 8.97. The first-order chi connectivity index (χ1) is 14.0. The summed E-state index contributed by atoms with van der Waals surface area (Å²) in [6.07, 6.45) is 2.77. The number of methoxy groups -OCH3 is 1. The van der Waals surface area contributed by atoms with Crippen LogP contribution in [0, 0.1) is 10.1 Å². The van der Waals surface area contributed by atoms with E-state index >= 15 is 0 Å². The maximum absolute atomic E-state index is 13.0. The lowest BCUT2D eigenvalue weighted by Gasteiger charge is -2.11. The van der Waals surface area contributed by atoms with Gasteiger partial charge in [-0.05, 0) is 24.3 Å². The van der Waals surface area contributed by atoms with Crippen molar-refractivity contribution >= 4 is 32.7 Å². The van der Waals surface area contributed by atoms with Crippen LogP contribution >= 0.6 is 15.9 Å². The number of halogens is 1. The summed E-state index contributed by atoms with van der Waals surface area (Å²) in [6.45, 7) is 0.251. The third-order valence-electron chi connectivity index (χ3n) is 4.44. The lowest BCUT2D eigenvalue weighted by atomic mass is 10.2. The summed E-state index contributed by atoms with van der Waals surface area (Å²) in [5, 5.41) is 15.8. The molecular formula is C19H14BrN5O4. The molecule has 0 fully saturated rings. The molecule has 0 saturated heterocycles. The van der Waals surface area contributed by atoms with Crippen LogP contribution in [-0.2, 0) is 6.54 Å². The second kappa shape index (κ2) is 7.47. The van der Waals surface area contributed by atoms with Crippen molar-refractivity contribution in [2.45, 2.75) is 6.54 Å². The lowest BCUT2D eigenvalue weighted by molar-refractivity contribution is -0.384. The van der Waals surface area contributed by atoms with E-state index in [9.17, 15) is 14.9 Å². The van der Waals surface area contributed by atoms with Crippen LogP contribution in [0.25, 0.3) is 16.7 Å². The van der Waals surface area contributed by atoms with E-state index in [2.05, 4.69) is 26.0 Å². The first-order valence-electron chi connectivity index (χ1n) is 8.49. The first kappa shape index (κ1) is 18.8. The molecule has 0 atom stereocenters. The van der Waals surface area contributed by atoms with Crippen LogP contribution in [0.3, 0.4) is 0 Å². The molecule has 0 aliphatic heterocycles. The van der Waals surface area contributed by atoms with Gasteiger partial charge in [0.15, 0.2) is 5.65 Å². The standard InChI is InChI=1S/C19H14BrN5O4/c1-29-17-7-6-13(20)8-12(17)10-23-11-21-18-14(19(23)26)9-22-24(18)15-4-2-3-5-16(15)25(27)28/h2-9,11H,10H2,1H3. The zero-order valence-electron chi connectivity index (χ0n) is 15.2. The van der Waals surface area contributed by atoms with E-state index in [1.807, 2.05) is 18.2 Å². The topological polar surface area (TPSA) is 105 Å². The van der Waals surface area contributed by atoms with E-state index in [-0.39, 0.29) is 34.5 Å². The van der Waals surface area contributed by atoms with Gasteiger partial charge in [-0.3, -0.25) is 19.5 Å². The van der Waals surface area contributed by atoms with Crippen LogP contribution in [-0.4, -0.2) is 31.4 Å². The molecule has 10 heteroatoms. The Hall–Kier alpha value is -3.53. The number of para-hydroxylation sites is 2. The minimum atomic E-state index is -0.496. The monoisotopic (exact) mass is 455 g/mol. The first-order valence-corrected chi connectivity index (χ1v) is 9.28. The van der Waals surface area contributed by atoms with Gasteiger partial charge >= 0.3 is 0 Å². The van der Waals surface area contributed by atoms with Crippen LogP contribution < -0.4 is 10.3 Å². The third-order valence-corrected chi connectivity index (χ3v) is 4.94. The Balaban J connectivity index is 1.81. The van der Waals surface area contributed by atoms with Crippen molar-refractivity contribution in [2.75, 3.05) is 7.11 Å². The van der Waals surface area contributed by atoms with E-state index in [1.54, 1.807) is 25.3 Å². The number of nitro groups is 1. The Kier molecular flexibility index (Phi) is 4.85. The van der Waals surface area contributed by atoms with Gasteiger partial charge in [0.05, 0.1) is 24.8 Å². The number of ether oxygens (including phenoxy) is 1. The Morgan fingerprint density at radius 2 is 2.03 bits per heavy atom. The van der Waals surface area contributed by atoms with Gasteiger partial charge in [-0.15, -0.1) is 0 Å². The molecule has 0 unspecified atom stereocenters. The lowest BCUT2D eigenvalue weighted by Crippen LogP contribution is -2.21. The molecule has 4 rings (SSSR count). The minimum absolute atomic E-state index is 0.123. The number of rotatable bonds is 5. The summed E-state index contributed by atoms with van der Waals surface area (Å²) >= 11 is 3.42. The summed E-state index contributed by atoms with van der Waals surface area (Å²) in [6, 6.07) is 11.7. The Morgan fingerprint density at radius 3 is 2.79 bits per heavy atom. The average molecular weight is 456 g/mol. The Labute approximate surface area is 172 Å². The van der Waals surface area contributed by atoms with Gasteiger partial charge in [0.1, 0.15) is 23.2 Å². The largest absolute Gasteiger partial charge is 0.496 e. The molecule has 2 aromatic carbocycles. The third kappa shape index (κ3) is 3.38. The van der Waals surface area contributed by atoms with Crippen molar-refractivity contribution < 1.29 is 9.66 Å². The fraction of sp³-hybridized carbons (Fsp3) is 0.105. The van der Waals surface area contributed by atoms with Crippen LogP contribution in [0.2, 0.25) is 0 Å². The number of fused-ring (bicyclic) bond motifs is 1. The molecule has 146 valence electrons. The maximum atomic E-state index is 13.0. The highest BCUT2D eigenvalue weighted by Crippen LogP contribution is 2.25. The van der Waals surface area contributed by atoms with Gasteiger partial charge in [0, 0.05) is 16.1 Å². The summed E-state index contributed by atoms with van der Waals surface area (Å²) in [5.74, 6) is 0.649. The van der Waals surface area contributed by atoms with Gasteiger partial charge in [-0.25, -0.2) is 9.67 Å². The van der Waals surface area contributed by atoms with Gasteiger partial charge in [-0.2, -0.15) is 5.10 Å². The van der Waals surface area contributed by atoms with E-state index in [1.165, 1.54) is 27.8 Å². The van der Waals surface area contributed by atoms with E-state index < -0.39 is 4.92 Å². The number of nitrogens with zero attached hydrogens (tertiary/aromatic N) is 5. The van der Waals surface area contributed by atoms with Crippen LogP contribution in [0.5, 0.6) is 5.75 Å². The summed E-state index contributed by atoms with van der Waals surface area (Å²) in [4.78, 5) is 28.1. The molecule has 0 N–H and O–H groups in total. The molecule has 9 nitrogen and oxygen atoms in total. The van der Waals surface area contributed by atoms with Crippen LogP contribution in [0.4, 0.5) is 5.69 Å². The number of hydrogen-bond acceptors (Lipinski definition) is 6. The molecule has 0 bridgehead atoms. The average Bonchev–Trinajstić information content (AvgIpc) is 3.15. The number of aromatic nitrogens is 4. The maximum Gasteiger partial charge on any atom is 0.294 e. The van der Waals surface area contributed by atoms with Crippen molar-refractivity contribution in [3.8, 4) is 11.4 Å². The molecule has 0 amide bonds. The van der Waals surface area contributed by atoms with Crippen molar-refractivity contribution in [1.29, 1.82) is 0 Å². The van der Waals surface area contributed by atoms with E-state index in [4.69, 9.17) is 4.74 Å². The minimum Gasteiger partial charge on any atom is -0.496 e. The number of benzene rings is 2. The van der Waals surface area contributed by atoms with Gasteiger partial charge in [0.25, 0.3) is 11.2 Å². The van der Waals surface area contributed by atoms with Gasteiger partial charge < -0.3 is 4.74 Å². The highest BCUT2D eigenvalue weighted by molar-refractivity contribution is 9.10. The molecular weight excluding hydrogens is 442 g/mol. The molecule has 29 heavy (non-hydrogen) atoms. The second-order valence-electron chi connectivity index (χ2n) is 6.17. The zero-order valence-corrected chi connectivity index (χ0v) is 16.7. The number of hydrogen-bond donors (Lipinski definition) is 0. The Bertz CT molecular complexity index is 1300. The van der Waals surface area contributed by atoms with Crippen LogP contribution in [0.1, 0.15) is 5.56 Å². The Morgan fingerprint density at radius 1 is 1.24 bits per heavy atom. The summed E-state index contributed by atoms with van der Waals surface area (Å²) in [7, 11) is 1.56. The zero-order chi connectivity index (χ0) is 20.5. The van der Waals surface area contributed by atoms with Gasteiger partial charge in [0.2, 0.25) is 0 Å². The number of nitro benzene ring substituents is 1. The molecule has 0 spiro atoms. The molecule has 0 aliphatic carbocycles. The molecule has 0 radical (unpaired) electrons. The second-order valence-corrected chi connectivity index (χ2v) is 7.09. The predicted molar refractivity (Wildman–Crippen MR) is 110 cm³/mol. The summed E-state index contributed by atoms with van der Waals surface area (Å²) in [5.41, 5.74) is 0.869. The SMILES string of the molecule is COc1ccc(Br)cc1Cn1cnc2c(cnn2-c2ccccc2[N+](=O)[O-])c1=O. The fourth-order valence-corrected chi connectivity index (χ4v) is 3.50. The predicted octanol–water partition coefficient (Wildman–Crippen LogP) is 3.31. The molecule has 0 saturated carbocycles. The van der Waals surface area contributed by atoms with E-state index in [0.717, 1.165) is 10.0 Å². The highest BCUT2D eigenvalue weighted by Gasteiger charge is 2.19. The van der Waals surface area contributed by atoms with Crippen LogP contribution in [0.15, 0.2) is 64.3 Å². The normalized spacial score (nSPS) is 11.0. The molecule has 0 aliphatic rings. The molecule has 4 aromatic rings. The van der Waals surface area contributed by atoms with Gasteiger partial charge in [-0.1, -0.05) is 28.1 Å². The van der Waals surface area contributed by atoms with Crippen molar-refractivity contribution in [3.05, 3.63) is 85.5 Å². The van der Waals surface area contributed by atoms with Crippen molar-refractivity contribution in [3.63, 3.8) is 0 Å². The quantitative estimate of drug-likeness (QED) is 0.337. The highest BCUT2D eigenvalue weighted by atomic mass is 79.9.